The fourth-order valence-corrected chi connectivity index (χ4v) is 1.32. The average molecular weight is 218 g/mol. The Morgan fingerprint density at radius 1 is 1.38 bits per heavy atom. The molecule has 0 unspecified atom stereocenters. The maximum Gasteiger partial charge on any atom is 0.338 e. The molecule has 2 nitrogen and oxygen atoms in total. The molecule has 1 aromatic rings. The molecule has 0 spiro atoms. The van der Waals surface area contributed by atoms with E-state index in [2.05, 4.69) is 6.58 Å². The maximum atomic E-state index is 11.9. The molecule has 16 heavy (non-hydrogen) atoms. The summed E-state index contributed by atoms with van der Waals surface area (Å²) in [6.07, 6.45) is 1.72. The first-order valence-electron chi connectivity index (χ1n) is 5.30. The lowest BCUT2D eigenvalue weighted by molar-refractivity contribution is 0.00687. The van der Waals surface area contributed by atoms with Gasteiger partial charge in [-0.1, -0.05) is 24.8 Å². The van der Waals surface area contributed by atoms with Crippen molar-refractivity contribution in [1.82, 2.24) is 0 Å². The zero-order valence-corrected chi connectivity index (χ0v) is 10.3. The Bertz CT molecular complexity index is 411. The van der Waals surface area contributed by atoms with E-state index in [-0.39, 0.29) is 5.97 Å². The highest BCUT2D eigenvalue weighted by atomic mass is 16.6. The highest BCUT2D eigenvalue weighted by Crippen LogP contribution is 2.17. The van der Waals surface area contributed by atoms with Crippen molar-refractivity contribution in [2.45, 2.75) is 33.3 Å². The minimum atomic E-state index is -0.465. The van der Waals surface area contributed by atoms with Crippen molar-refractivity contribution in [3.8, 4) is 0 Å². The molecular formula is C14H18O2. The first kappa shape index (κ1) is 12.5. The molecule has 0 bridgehead atoms. The number of carbonyl (C=O) groups is 1. The quantitative estimate of drug-likeness (QED) is 0.709. The Morgan fingerprint density at radius 3 is 2.50 bits per heavy atom. The van der Waals surface area contributed by atoms with Crippen LogP contribution in [-0.2, 0) is 4.74 Å². The lowest BCUT2D eigenvalue weighted by atomic mass is 10.0. The van der Waals surface area contributed by atoms with E-state index in [1.54, 1.807) is 12.1 Å². The molecule has 0 aromatic heterocycles. The van der Waals surface area contributed by atoms with Gasteiger partial charge < -0.3 is 4.74 Å². The van der Waals surface area contributed by atoms with E-state index in [1.165, 1.54) is 0 Å². The van der Waals surface area contributed by atoms with Gasteiger partial charge in [-0.25, -0.2) is 4.79 Å². The average Bonchev–Trinajstić information content (AvgIpc) is 2.15. The summed E-state index contributed by atoms with van der Waals surface area (Å²) in [5.41, 5.74) is 1.98. The van der Waals surface area contributed by atoms with Crippen molar-refractivity contribution in [2.75, 3.05) is 0 Å². The number of ether oxygens (including phenoxy) is 1. The first-order chi connectivity index (χ1) is 7.33. The van der Waals surface area contributed by atoms with Gasteiger partial charge in [0, 0.05) is 0 Å². The maximum absolute atomic E-state index is 11.9. The van der Waals surface area contributed by atoms with Crippen LogP contribution in [-0.4, -0.2) is 11.6 Å². The molecule has 0 radical (unpaired) electrons. The molecule has 0 aliphatic rings. The summed E-state index contributed by atoms with van der Waals surface area (Å²) in [5.74, 6) is -0.284. The molecular weight excluding hydrogens is 200 g/mol. The fourth-order valence-electron chi connectivity index (χ4n) is 1.32. The first-order valence-corrected chi connectivity index (χ1v) is 5.30. The van der Waals surface area contributed by atoms with Crippen LogP contribution in [0.3, 0.4) is 0 Å². The van der Waals surface area contributed by atoms with Crippen molar-refractivity contribution < 1.29 is 9.53 Å². The van der Waals surface area contributed by atoms with Crippen LogP contribution in [0.5, 0.6) is 0 Å². The number of aryl methyl sites for hydroxylation is 1. The van der Waals surface area contributed by atoms with E-state index in [4.69, 9.17) is 4.74 Å². The third-order valence-electron chi connectivity index (χ3n) is 2.12. The molecule has 86 valence electrons. The van der Waals surface area contributed by atoms with Crippen molar-refractivity contribution in [3.63, 3.8) is 0 Å². The molecule has 0 heterocycles. The van der Waals surface area contributed by atoms with E-state index in [9.17, 15) is 4.79 Å². The van der Waals surface area contributed by atoms with Gasteiger partial charge in [0.15, 0.2) is 0 Å². The van der Waals surface area contributed by atoms with Gasteiger partial charge in [-0.05, 0) is 44.9 Å². The number of rotatable bonds is 2. The van der Waals surface area contributed by atoms with Crippen molar-refractivity contribution in [3.05, 3.63) is 41.5 Å². The number of hydrogen-bond acceptors (Lipinski definition) is 2. The predicted octanol–water partition coefficient (Wildman–Crippen LogP) is 3.59. The highest BCUT2D eigenvalue weighted by molar-refractivity contribution is 5.92. The monoisotopic (exact) mass is 218 g/mol. The van der Waals surface area contributed by atoms with Gasteiger partial charge in [0.05, 0.1) is 5.56 Å². The van der Waals surface area contributed by atoms with Gasteiger partial charge >= 0.3 is 5.97 Å². The summed E-state index contributed by atoms with van der Waals surface area (Å²) >= 11 is 0. The Labute approximate surface area is 96.9 Å². The van der Waals surface area contributed by atoms with Crippen LogP contribution in [0.4, 0.5) is 0 Å². The molecule has 0 aliphatic carbocycles. The third kappa shape index (κ3) is 3.23. The van der Waals surface area contributed by atoms with Gasteiger partial charge in [0.2, 0.25) is 0 Å². The Kier molecular flexibility index (Phi) is 3.53. The molecule has 0 saturated carbocycles. The van der Waals surface area contributed by atoms with Crippen molar-refractivity contribution in [1.29, 1.82) is 0 Å². The lowest BCUT2D eigenvalue weighted by Gasteiger charge is -2.20. The Balaban J connectivity index is 3.03. The molecule has 0 atom stereocenters. The summed E-state index contributed by atoms with van der Waals surface area (Å²) in [4.78, 5) is 11.9. The van der Waals surface area contributed by atoms with Gasteiger partial charge in [0.25, 0.3) is 0 Å². The summed E-state index contributed by atoms with van der Waals surface area (Å²) in [7, 11) is 0. The molecule has 1 rings (SSSR count). The minimum Gasteiger partial charge on any atom is -0.456 e. The summed E-state index contributed by atoms with van der Waals surface area (Å²) in [6, 6.07) is 5.63. The van der Waals surface area contributed by atoms with Crippen LogP contribution in [0.1, 0.15) is 42.3 Å². The lowest BCUT2D eigenvalue weighted by Crippen LogP contribution is -2.24. The SMILES string of the molecule is C=Cc1ccc(C)c(C(=O)OC(C)(C)C)c1. The second-order valence-electron chi connectivity index (χ2n) is 4.78. The molecule has 0 amide bonds. The van der Waals surface area contributed by atoms with Gasteiger partial charge in [0.1, 0.15) is 5.60 Å². The van der Waals surface area contributed by atoms with Crippen LogP contribution in [0.25, 0.3) is 6.08 Å². The van der Waals surface area contributed by atoms with Gasteiger partial charge in [-0.2, -0.15) is 0 Å². The van der Waals surface area contributed by atoms with Crippen LogP contribution in [0.15, 0.2) is 24.8 Å². The zero-order valence-electron chi connectivity index (χ0n) is 10.3. The molecule has 0 N–H and O–H groups in total. The Morgan fingerprint density at radius 2 is 2.00 bits per heavy atom. The highest BCUT2D eigenvalue weighted by Gasteiger charge is 2.19. The number of carbonyl (C=O) groups excluding carboxylic acids is 1. The molecule has 0 aliphatic heterocycles. The van der Waals surface area contributed by atoms with Crippen molar-refractivity contribution >= 4 is 12.0 Å². The standard InChI is InChI=1S/C14H18O2/c1-6-11-8-7-10(2)12(9-11)13(15)16-14(3,4)5/h6-9H,1H2,2-5H3. The number of esters is 1. The van der Waals surface area contributed by atoms with Crippen molar-refractivity contribution in [2.24, 2.45) is 0 Å². The largest absolute Gasteiger partial charge is 0.456 e. The van der Waals surface area contributed by atoms with Gasteiger partial charge in [-0.3, -0.25) is 0 Å². The Hall–Kier alpha value is -1.57. The molecule has 0 fully saturated rings. The summed E-state index contributed by atoms with van der Waals surface area (Å²) < 4.78 is 5.33. The summed E-state index contributed by atoms with van der Waals surface area (Å²) in [5, 5.41) is 0. The minimum absolute atomic E-state index is 0.284. The zero-order chi connectivity index (χ0) is 12.3. The van der Waals surface area contributed by atoms with Crippen LogP contribution >= 0.6 is 0 Å². The van der Waals surface area contributed by atoms with Crippen LogP contribution < -0.4 is 0 Å². The second-order valence-corrected chi connectivity index (χ2v) is 4.78. The molecule has 0 saturated heterocycles. The molecule has 2 heteroatoms. The van der Waals surface area contributed by atoms with E-state index < -0.39 is 5.60 Å². The van der Waals surface area contributed by atoms with E-state index in [0.717, 1.165) is 11.1 Å². The van der Waals surface area contributed by atoms with Crippen LogP contribution in [0, 0.1) is 6.92 Å². The number of hydrogen-bond donors (Lipinski definition) is 0. The van der Waals surface area contributed by atoms with Crippen LogP contribution in [0.2, 0.25) is 0 Å². The van der Waals surface area contributed by atoms with Gasteiger partial charge in [-0.15, -0.1) is 0 Å². The third-order valence-corrected chi connectivity index (χ3v) is 2.12. The van der Waals surface area contributed by atoms with E-state index in [0.29, 0.717) is 5.56 Å². The second kappa shape index (κ2) is 4.52. The number of benzene rings is 1. The smallest absolute Gasteiger partial charge is 0.338 e. The predicted molar refractivity (Wildman–Crippen MR) is 66.4 cm³/mol. The topological polar surface area (TPSA) is 26.3 Å². The van der Waals surface area contributed by atoms with E-state index in [1.807, 2.05) is 39.8 Å². The summed E-state index contributed by atoms with van der Waals surface area (Å²) in [6.45, 7) is 11.2. The van der Waals surface area contributed by atoms with E-state index >= 15 is 0 Å². The molecule has 1 aromatic carbocycles. The fraction of sp³-hybridized carbons (Fsp3) is 0.357. The normalized spacial score (nSPS) is 11.0.